The lowest BCUT2D eigenvalue weighted by Gasteiger charge is -2.38. The molecule has 1 aliphatic heterocycles. The minimum absolute atomic E-state index is 0.133. The third-order valence-electron chi connectivity index (χ3n) is 5.69. The maximum Gasteiger partial charge on any atom is 0.138 e. The Balaban J connectivity index is 1.21. The molecule has 1 fully saturated rings. The molecule has 0 spiro atoms. The number of carbonyl (C=O) groups excluding carboxylic acids is 1. The second-order valence-corrected chi connectivity index (χ2v) is 9.52. The molecule has 0 radical (unpaired) electrons. The fourth-order valence-electron chi connectivity index (χ4n) is 4.07. The molecule has 5 rings (SSSR count). The fourth-order valence-corrected chi connectivity index (χ4v) is 5.11. The molecule has 0 saturated carbocycles. The van der Waals surface area contributed by atoms with Crippen LogP contribution in [0.3, 0.4) is 0 Å². The highest BCUT2D eigenvalue weighted by atomic mass is 35.5. The Morgan fingerprint density at radius 2 is 2.10 bits per heavy atom. The first-order valence-electron chi connectivity index (χ1n) is 10.2. The first-order chi connectivity index (χ1) is 15.2. The second-order valence-electron chi connectivity index (χ2n) is 7.81. The molecule has 0 bridgehead atoms. The van der Waals surface area contributed by atoms with Gasteiger partial charge in [-0.2, -0.15) is 0 Å². The van der Waals surface area contributed by atoms with Gasteiger partial charge >= 0.3 is 0 Å². The van der Waals surface area contributed by atoms with Crippen LogP contribution in [0.5, 0.6) is 0 Å². The average molecular weight is 452 g/mol. The van der Waals surface area contributed by atoms with Crippen LogP contribution in [0.25, 0.3) is 21.3 Å². The SMILES string of the molecule is O=CC1CN(Cc2ccc(-c3ccc(Cl)s3)cn2)CCN1Cc1cc2cnccc2[nH]1. The standard InChI is InChI=1S/C23H22ClN5OS/c24-23-4-3-22(31-23)16-1-2-18(26-11-16)12-28-7-8-29(20(14-28)15-30)13-19-9-17-10-25-6-5-21(17)27-19/h1-6,9-11,15,20,27H,7-8,12-14H2. The van der Waals surface area contributed by atoms with E-state index in [4.69, 9.17) is 11.6 Å². The molecule has 0 aromatic carbocycles. The fraction of sp³-hybridized carbons (Fsp3) is 0.261. The van der Waals surface area contributed by atoms with Gasteiger partial charge in [0.15, 0.2) is 0 Å². The van der Waals surface area contributed by atoms with Crippen LogP contribution in [-0.4, -0.2) is 56.7 Å². The zero-order valence-electron chi connectivity index (χ0n) is 16.9. The number of carbonyl (C=O) groups is 1. The largest absolute Gasteiger partial charge is 0.357 e. The molecule has 1 aliphatic rings. The number of H-pyrrole nitrogens is 1. The summed E-state index contributed by atoms with van der Waals surface area (Å²) in [7, 11) is 0. The van der Waals surface area contributed by atoms with Crippen LogP contribution < -0.4 is 0 Å². The third-order valence-corrected chi connectivity index (χ3v) is 6.97. The number of thiophene rings is 1. The molecule has 8 heteroatoms. The van der Waals surface area contributed by atoms with E-state index >= 15 is 0 Å². The van der Waals surface area contributed by atoms with E-state index in [2.05, 4.69) is 43.0 Å². The quantitative estimate of drug-likeness (QED) is 0.444. The van der Waals surface area contributed by atoms with Gasteiger partial charge in [0.1, 0.15) is 6.29 Å². The molecular weight excluding hydrogens is 430 g/mol. The van der Waals surface area contributed by atoms with E-state index in [-0.39, 0.29) is 6.04 Å². The van der Waals surface area contributed by atoms with Crippen LogP contribution in [0, 0.1) is 0 Å². The minimum Gasteiger partial charge on any atom is -0.357 e. The van der Waals surface area contributed by atoms with Gasteiger partial charge in [-0.15, -0.1) is 11.3 Å². The molecule has 4 aromatic heterocycles. The Bertz CT molecular complexity index is 1160. The van der Waals surface area contributed by atoms with Crippen LogP contribution in [0.4, 0.5) is 0 Å². The molecule has 1 N–H and O–H groups in total. The zero-order chi connectivity index (χ0) is 21.2. The van der Waals surface area contributed by atoms with Gasteiger partial charge in [0.2, 0.25) is 0 Å². The molecule has 5 heterocycles. The molecule has 158 valence electrons. The van der Waals surface area contributed by atoms with Crippen molar-refractivity contribution in [3.05, 3.63) is 70.7 Å². The number of halogens is 1. The Kier molecular flexibility index (Phi) is 5.82. The van der Waals surface area contributed by atoms with Crippen LogP contribution in [0.2, 0.25) is 4.34 Å². The number of nitrogens with one attached hydrogen (secondary N) is 1. The van der Waals surface area contributed by atoms with Gasteiger partial charge < -0.3 is 9.78 Å². The number of hydrogen-bond donors (Lipinski definition) is 1. The highest BCUT2D eigenvalue weighted by Crippen LogP contribution is 2.30. The molecule has 0 aliphatic carbocycles. The van der Waals surface area contributed by atoms with E-state index in [9.17, 15) is 4.79 Å². The van der Waals surface area contributed by atoms with Gasteiger partial charge in [0.05, 0.1) is 16.1 Å². The van der Waals surface area contributed by atoms with Crippen molar-refractivity contribution in [2.75, 3.05) is 19.6 Å². The first kappa shape index (κ1) is 20.3. The average Bonchev–Trinajstić information content (AvgIpc) is 3.41. The molecule has 1 unspecified atom stereocenters. The molecule has 0 amide bonds. The molecule has 6 nitrogen and oxygen atoms in total. The maximum atomic E-state index is 11.8. The normalized spacial score (nSPS) is 17.9. The molecule has 1 atom stereocenters. The van der Waals surface area contributed by atoms with Gasteiger partial charge in [-0.3, -0.25) is 19.8 Å². The van der Waals surface area contributed by atoms with Gasteiger partial charge in [-0.1, -0.05) is 17.7 Å². The number of hydrogen-bond acceptors (Lipinski definition) is 6. The van der Waals surface area contributed by atoms with Crippen LogP contribution in [0.15, 0.2) is 55.0 Å². The van der Waals surface area contributed by atoms with Gasteiger partial charge in [0.25, 0.3) is 0 Å². The second kappa shape index (κ2) is 8.88. The van der Waals surface area contributed by atoms with Crippen LogP contribution in [0.1, 0.15) is 11.4 Å². The van der Waals surface area contributed by atoms with Crippen molar-refractivity contribution < 1.29 is 4.79 Å². The van der Waals surface area contributed by atoms with Gasteiger partial charge in [-0.05, 0) is 30.3 Å². The van der Waals surface area contributed by atoms with Crippen molar-refractivity contribution in [1.29, 1.82) is 0 Å². The smallest absolute Gasteiger partial charge is 0.138 e. The third kappa shape index (κ3) is 4.55. The predicted octanol–water partition coefficient (Wildman–Crippen LogP) is 4.23. The van der Waals surface area contributed by atoms with Crippen molar-refractivity contribution in [3.8, 4) is 10.4 Å². The first-order valence-corrected chi connectivity index (χ1v) is 11.4. The van der Waals surface area contributed by atoms with E-state index in [1.54, 1.807) is 17.5 Å². The van der Waals surface area contributed by atoms with Crippen LogP contribution >= 0.6 is 22.9 Å². The van der Waals surface area contributed by atoms with Crippen molar-refractivity contribution in [2.45, 2.75) is 19.1 Å². The summed E-state index contributed by atoms with van der Waals surface area (Å²) in [6.45, 7) is 3.90. The number of nitrogens with zero attached hydrogens (tertiary/aromatic N) is 4. The number of fused-ring (bicyclic) bond motifs is 1. The van der Waals surface area contributed by atoms with Gasteiger partial charge in [-0.25, -0.2) is 0 Å². The molecule has 31 heavy (non-hydrogen) atoms. The minimum atomic E-state index is -0.133. The summed E-state index contributed by atoms with van der Waals surface area (Å²) < 4.78 is 0.779. The Morgan fingerprint density at radius 3 is 2.84 bits per heavy atom. The predicted molar refractivity (Wildman–Crippen MR) is 124 cm³/mol. The van der Waals surface area contributed by atoms with E-state index in [1.165, 1.54) is 0 Å². The molecular formula is C23H22ClN5OS. The number of aldehydes is 1. The number of aromatic nitrogens is 3. The molecule has 4 aromatic rings. The lowest BCUT2D eigenvalue weighted by atomic mass is 10.1. The summed E-state index contributed by atoms with van der Waals surface area (Å²) in [6.07, 6.45) is 6.60. The summed E-state index contributed by atoms with van der Waals surface area (Å²) in [5.74, 6) is 0. The summed E-state index contributed by atoms with van der Waals surface area (Å²) in [6, 6.07) is 12.0. The number of aromatic amines is 1. The highest BCUT2D eigenvalue weighted by Gasteiger charge is 2.27. The highest BCUT2D eigenvalue weighted by molar-refractivity contribution is 7.19. The van der Waals surface area contributed by atoms with Crippen molar-refractivity contribution in [3.63, 3.8) is 0 Å². The van der Waals surface area contributed by atoms with Crippen molar-refractivity contribution in [1.82, 2.24) is 24.8 Å². The molecule has 1 saturated heterocycles. The summed E-state index contributed by atoms with van der Waals surface area (Å²) in [4.78, 5) is 29.7. The van der Waals surface area contributed by atoms with Crippen molar-refractivity contribution >= 4 is 40.1 Å². The maximum absolute atomic E-state index is 11.8. The van der Waals surface area contributed by atoms with E-state index < -0.39 is 0 Å². The number of piperazine rings is 1. The van der Waals surface area contributed by atoms with Crippen molar-refractivity contribution in [2.24, 2.45) is 0 Å². The summed E-state index contributed by atoms with van der Waals surface area (Å²) in [5.41, 5.74) is 4.26. The Labute approximate surface area is 189 Å². The van der Waals surface area contributed by atoms with E-state index in [0.29, 0.717) is 6.54 Å². The Morgan fingerprint density at radius 1 is 1.16 bits per heavy atom. The van der Waals surface area contributed by atoms with Gasteiger partial charge in [0, 0.05) is 78.4 Å². The number of rotatable bonds is 6. The van der Waals surface area contributed by atoms with E-state index in [1.807, 2.05) is 30.6 Å². The van der Waals surface area contributed by atoms with E-state index in [0.717, 1.165) is 69.5 Å². The lowest BCUT2D eigenvalue weighted by molar-refractivity contribution is -0.115. The monoisotopic (exact) mass is 451 g/mol. The Hall–Kier alpha value is -2.58. The zero-order valence-corrected chi connectivity index (χ0v) is 18.4. The summed E-state index contributed by atoms with van der Waals surface area (Å²) >= 11 is 7.59. The summed E-state index contributed by atoms with van der Waals surface area (Å²) in [5, 5.41) is 1.10. The van der Waals surface area contributed by atoms with Crippen LogP contribution in [-0.2, 0) is 17.9 Å². The lowest BCUT2D eigenvalue weighted by Crippen LogP contribution is -2.53. The number of pyridine rings is 2. The topological polar surface area (TPSA) is 65.1 Å².